The fourth-order valence-corrected chi connectivity index (χ4v) is 1.20. The van der Waals surface area contributed by atoms with Gasteiger partial charge in [-0.2, -0.15) is 5.17 Å². The molecule has 0 saturated carbocycles. The summed E-state index contributed by atoms with van der Waals surface area (Å²) in [5, 5.41) is 9.94. The van der Waals surface area contributed by atoms with Gasteiger partial charge in [0.25, 0.3) is 0 Å². The number of benzene rings is 1. The molecule has 68 valence electrons. The largest absolute Gasteiger partial charge is 0.397 e. The van der Waals surface area contributed by atoms with E-state index in [2.05, 4.69) is 5.43 Å². The van der Waals surface area contributed by atoms with Gasteiger partial charge in [0.15, 0.2) is 0 Å². The minimum atomic E-state index is 0.495. The lowest BCUT2D eigenvalue weighted by atomic mass is 10.1. The summed E-state index contributed by atoms with van der Waals surface area (Å²) in [4.78, 5) is 0. The standard InChI is InChI=1S/C8H10N4O/c9-6-3-5-1-2-12(13)11-8(5)4-7(6)10/h1-4,11,13H,9-10H2. The Labute approximate surface area is 75.2 Å². The number of hydrogen-bond acceptors (Lipinski definition) is 5. The first-order valence-corrected chi connectivity index (χ1v) is 3.79. The van der Waals surface area contributed by atoms with E-state index in [1.807, 2.05) is 0 Å². The summed E-state index contributed by atoms with van der Waals surface area (Å²) in [6.07, 6.45) is 3.22. The lowest BCUT2D eigenvalue weighted by Gasteiger charge is -2.21. The molecule has 1 aliphatic heterocycles. The molecule has 6 N–H and O–H groups in total. The highest BCUT2D eigenvalue weighted by atomic mass is 16.5. The third kappa shape index (κ3) is 1.25. The average molecular weight is 178 g/mol. The predicted octanol–water partition coefficient (Wildman–Crippen LogP) is 0.853. The first-order chi connectivity index (χ1) is 6.16. The number of hydrazine groups is 1. The van der Waals surface area contributed by atoms with Crippen LogP contribution in [0.1, 0.15) is 5.56 Å². The van der Waals surface area contributed by atoms with Crippen molar-refractivity contribution in [2.75, 3.05) is 16.9 Å². The molecule has 0 saturated heterocycles. The Morgan fingerprint density at radius 1 is 1.23 bits per heavy atom. The summed E-state index contributed by atoms with van der Waals surface area (Å²) in [6, 6.07) is 3.43. The Morgan fingerprint density at radius 2 is 1.92 bits per heavy atom. The molecule has 1 aromatic carbocycles. The van der Waals surface area contributed by atoms with Gasteiger partial charge in [-0.1, -0.05) is 0 Å². The molecule has 0 spiro atoms. The van der Waals surface area contributed by atoms with E-state index in [1.54, 1.807) is 18.2 Å². The van der Waals surface area contributed by atoms with Crippen LogP contribution in [0.3, 0.4) is 0 Å². The van der Waals surface area contributed by atoms with Gasteiger partial charge in [0.2, 0.25) is 0 Å². The van der Waals surface area contributed by atoms with Gasteiger partial charge in [0, 0.05) is 5.56 Å². The summed E-state index contributed by atoms with van der Waals surface area (Å²) in [5.74, 6) is 0. The number of nitrogen functional groups attached to an aromatic ring is 2. The molecule has 0 amide bonds. The van der Waals surface area contributed by atoms with Crippen molar-refractivity contribution in [3.63, 3.8) is 0 Å². The highest BCUT2D eigenvalue weighted by Gasteiger charge is 2.09. The van der Waals surface area contributed by atoms with Gasteiger partial charge in [0.1, 0.15) is 0 Å². The van der Waals surface area contributed by atoms with E-state index in [-0.39, 0.29) is 0 Å². The minimum Gasteiger partial charge on any atom is -0.397 e. The fraction of sp³-hybridized carbons (Fsp3) is 0. The van der Waals surface area contributed by atoms with E-state index in [0.717, 1.165) is 16.4 Å². The van der Waals surface area contributed by atoms with Crippen molar-refractivity contribution in [2.45, 2.75) is 0 Å². The van der Waals surface area contributed by atoms with Crippen LogP contribution >= 0.6 is 0 Å². The molecule has 1 aromatic rings. The third-order valence-electron chi connectivity index (χ3n) is 1.89. The van der Waals surface area contributed by atoms with Crippen LogP contribution in [0.15, 0.2) is 18.3 Å². The van der Waals surface area contributed by atoms with Crippen LogP contribution in [0.25, 0.3) is 6.08 Å². The highest BCUT2D eigenvalue weighted by Crippen LogP contribution is 2.28. The molecule has 5 heteroatoms. The maximum Gasteiger partial charge on any atom is 0.0660 e. The summed E-state index contributed by atoms with van der Waals surface area (Å²) in [6.45, 7) is 0. The minimum absolute atomic E-state index is 0.495. The van der Waals surface area contributed by atoms with Crippen LogP contribution in [0.5, 0.6) is 0 Å². The predicted molar refractivity (Wildman–Crippen MR) is 51.5 cm³/mol. The fourth-order valence-electron chi connectivity index (χ4n) is 1.20. The van der Waals surface area contributed by atoms with Crippen molar-refractivity contribution >= 4 is 23.1 Å². The zero-order valence-corrected chi connectivity index (χ0v) is 6.86. The molecule has 0 radical (unpaired) electrons. The van der Waals surface area contributed by atoms with E-state index >= 15 is 0 Å². The number of hydrogen-bond donors (Lipinski definition) is 4. The summed E-state index contributed by atoms with van der Waals surface area (Å²) in [5.41, 5.74) is 16.6. The van der Waals surface area contributed by atoms with Crippen molar-refractivity contribution in [1.29, 1.82) is 0 Å². The molecule has 0 unspecified atom stereocenters. The number of nitrogens with zero attached hydrogens (tertiary/aromatic N) is 1. The Balaban J connectivity index is 2.52. The van der Waals surface area contributed by atoms with E-state index in [0.29, 0.717) is 11.4 Å². The SMILES string of the molecule is Nc1cc2c(cc1N)NN(O)C=C2. The van der Waals surface area contributed by atoms with E-state index in [1.165, 1.54) is 6.20 Å². The van der Waals surface area contributed by atoms with Gasteiger partial charge in [-0.25, -0.2) is 0 Å². The van der Waals surface area contributed by atoms with Gasteiger partial charge < -0.3 is 11.5 Å². The summed E-state index contributed by atoms with van der Waals surface area (Å²) >= 11 is 0. The quantitative estimate of drug-likeness (QED) is 0.442. The van der Waals surface area contributed by atoms with Crippen molar-refractivity contribution in [2.24, 2.45) is 0 Å². The molecule has 5 nitrogen and oxygen atoms in total. The van der Waals surface area contributed by atoms with Crippen molar-refractivity contribution < 1.29 is 5.21 Å². The van der Waals surface area contributed by atoms with Crippen LogP contribution in [0.4, 0.5) is 17.1 Å². The summed E-state index contributed by atoms with van der Waals surface area (Å²) in [7, 11) is 0. The molecule has 1 aliphatic rings. The van der Waals surface area contributed by atoms with Crippen LogP contribution < -0.4 is 16.9 Å². The number of nitrogens with one attached hydrogen (secondary N) is 1. The Morgan fingerprint density at radius 3 is 2.69 bits per heavy atom. The maximum atomic E-state index is 9.08. The number of fused-ring (bicyclic) bond motifs is 1. The van der Waals surface area contributed by atoms with Gasteiger partial charge in [0.05, 0.1) is 23.3 Å². The highest BCUT2D eigenvalue weighted by molar-refractivity contribution is 5.79. The molecule has 1 heterocycles. The van der Waals surface area contributed by atoms with E-state index < -0.39 is 0 Å². The monoisotopic (exact) mass is 178 g/mol. The Kier molecular flexibility index (Phi) is 1.53. The second kappa shape index (κ2) is 2.56. The summed E-state index contributed by atoms with van der Waals surface area (Å²) < 4.78 is 0. The van der Waals surface area contributed by atoms with Gasteiger partial charge in [-0.3, -0.25) is 10.6 Å². The zero-order valence-electron chi connectivity index (χ0n) is 6.86. The number of rotatable bonds is 0. The molecular formula is C8H10N4O. The van der Waals surface area contributed by atoms with E-state index in [9.17, 15) is 0 Å². The van der Waals surface area contributed by atoms with E-state index in [4.69, 9.17) is 16.7 Å². The lowest BCUT2D eigenvalue weighted by molar-refractivity contribution is -0.0141. The topological polar surface area (TPSA) is 87.5 Å². The molecule has 0 aromatic heterocycles. The van der Waals surface area contributed by atoms with Gasteiger partial charge in [-0.15, -0.1) is 0 Å². The molecular weight excluding hydrogens is 168 g/mol. The van der Waals surface area contributed by atoms with Crippen LogP contribution in [0.2, 0.25) is 0 Å². The van der Waals surface area contributed by atoms with Crippen LogP contribution in [0, 0.1) is 0 Å². The molecule has 2 rings (SSSR count). The van der Waals surface area contributed by atoms with Crippen molar-refractivity contribution in [3.8, 4) is 0 Å². The number of anilines is 3. The molecule has 0 aliphatic carbocycles. The molecule has 13 heavy (non-hydrogen) atoms. The molecule has 0 bridgehead atoms. The number of hydroxylamine groups is 1. The van der Waals surface area contributed by atoms with Crippen molar-refractivity contribution in [3.05, 3.63) is 23.9 Å². The zero-order chi connectivity index (χ0) is 9.42. The molecule has 0 atom stereocenters. The second-order valence-corrected chi connectivity index (χ2v) is 2.84. The van der Waals surface area contributed by atoms with Crippen LogP contribution in [-0.4, -0.2) is 10.4 Å². The second-order valence-electron chi connectivity index (χ2n) is 2.84. The Hall–Kier alpha value is -1.88. The normalized spacial score (nSPS) is 13.8. The smallest absolute Gasteiger partial charge is 0.0660 e. The van der Waals surface area contributed by atoms with Crippen molar-refractivity contribution in [1.82, 2.24) is 5.17 Å². The average Bonchev–Trinajstić information content (AvgIpc) is 2.08. The maximum absolute atomic E-state index is 9.08. The van der Waals surface area contributed by atoms with Gasteiger partial charge >= 0.3 is 0 Å². The van der Waals surface area contributed by atoms with Gasteiger partial charge in [-0.05, 0) is 18.2 Å². The first-order valence-electron chi connectivity index (χ1n) is 3.79. The Bertz CT molecular complexity index is 375. The lowest BCUT2D eigenvalue weighted by Crippen LogP contribution is -2.22. The molecule has 0 fully saturated rings. The first kappa shape index (κ1) is 7.75. The number of nitrogens with two attached hydrogens (primary N) is 2. The third-order valence-corrected chi connectivity index (χ3v) is 1.89. The van der Waals surface area contributed by atoms with Crippen LogP contribution in [-0.2, 0) is 0 Å².